The molecule has 2 unspecified atom stereocenters. The first-order chi connectivity index (χ1) is 6.12. The van der Waals surface area contributed by atoms with E-state index >= 15 is 0 Å². The van der Waals surface area contributed by atoms with E-state index in [-0.39, 0.29) is 11.5 Å². The maximum absolute atomic E-state index is 11.9. The molecule has 2 heteroatoms. The third kappa shape index (κ3) is 1.78. The lowest BCUT2D eigenvalue weighted by molar-refractivity contribution is -0.126. The summed E-state index contributed by atoms with van der Waals surface area (Å²) < 4.78 is 0. The Labute approximate surface area is 79.9 Å². The minimum absolute atomic E-state index is 0.288. The summed E-state index contributed by atoms with van der Waals surface area (Å²) in [6.07, 6.45) is 6.53. The molecule has 0 spiro atoms. The second-order valence-electron chi connectivity index (χ2n) is 4.99. The van der Waals surface area contributed by atoms with Crippen LogP contribution in [0.5, 0.6) is 0 Å². The van der Waals surface area contributed by atoms with Gasteiger partial charge in [-0.1, -0.05) is 19.8 Å². The van der Waals surface area contributed by atoms with Gasteiger partial charge in [-0.25, -0.2) is 0 Å². The van der Waals surface area contributed by atoms with Crippen molar-refractivity contribution in [2.24, 2.45) is 17.6 Å². The van der Waals surface area contributed by atoms with Crippen molar-refractivity contribution in [2.45, 2.75) is 51.0 Å². The molecular formula is C11H19NO. The monoisotopic (exact) mass is 181 g/mol. The summed E-state index contributed by atoms with van der Waals surface area (Å²) in [6, 6.07) is 0. The molecule has 0 aromatic heterocycles. The highest BCUT2D eigenvalue weighted by Crippen LogP contribution is 2.40. The van der Waals surface area contributed by atoms with Crippen LogP contribution in [-0.4, -0.2) is 11.3 Å². The molecule has 2 aliphatic rings. The van der Waals surface area contributed by atoms with E-state index in [9.17, 15) is 4.79 Å². The van der Waals surface area contributed by atoms with E-state index < -0.39 is 0 Å². The van der Waals surface area contributed by atoms with Crippen LogP contribution in [0.3, 0.4) is 0 Å². The molecule has 0 aromatic rings. The summed E-state index contributed by atoms with van der Waals surface area (Å²) in [7, 11) is 0. The Morgan fingerprint density at radius 1 is 1.38 bits per heavy atom. The lowest BCUT2D eigenvalue weighted by Crippen LogP contribution is -2.39. The first kappa shape index (κ1) is 9.20. The van der Waals surface area contributed by atoms with E-state index in [1.54, 1.807) is 0 Å². The smallest absolute Gasteiger partial charge is 0.155 e. The SMILES string of the molecule is CC1CCCC(C(=O)C2(N)CC2)C1. The molecule has 13 heavy (non-hydrogen) atoms. The van der Waals surface area contributed by atoms with Crippen LogP contribution in [0.25, 0.3) is 0 Å². The Morgan fingerprint density at radius 2 is 2.08 bits per heavy atom. The Balaban J connectivity index is 1.96. The highest BCUT2D eigenvalue weighted by molar-refractivity contribution is 5.92. The molecule has 2 fully saturated rings. The average molecular weight is 181 g/mol. The van der Waals surface area contributed by atoms with E-state index in [0.717, 1.165) is 31.6 Å². The van der Waals surface area contributed by atoms with E-state index in [1.165, 1.54) is 12.8 Å². The Morgan fingerprint density at radius 3 is 2.62 bits per heavy atom. The quantitative estimate of drug-likeness (QED) is 0.706. The van der Waals surface area contributed by atoms with Gasteiger partial charge in [-0.15, -0.1) is 0 Å². The lowest BCUT2D eigenvalue weighted by Gasteiger charge is -2.27. The molecule has 74 valence electrons. The maximum atomic E-state index is 11.9. The predicted octanol–water partition coefficient (Wildman–Crippen LogP) is 1.87. The molecule has 0 aromatic carbocycles. The number of nitrogens with two attached hydrogens (primary N) is 1. The number of hydrogen-bond donors (Lipinski definition) is 1. The summed E-state index contributed by atoms with van der Waals surface area (Å²) in [4.78, 5) is 11.9. The van der Waals surface area contributed by atoms with Gasteiger partial charge in [0.15, 0.2) is 5.78 Å². The predicted molar refractivity (Wildman–Crippen MR) is 52.3 cm³/mol. The molecule has 2 rings (SSSR count). The van der Waals surface area contributed by atoms with Gasteiger partial charge in [-0.2, -0.15) is 0 Å². The summed E-state index contributed by atoms with van der Waals surface area (Å²) in [5.41, 5.74) is 5.53. The Kier molecular flexibility index (Phi) is 2.18. The summed E-state index contributed by atoms with van der Waals surface area (Å²) in [6.45, 7) is 2.25. The minimum atomic E-state index is -0.387. The van der Waals surface area contributed by atoms with Crippen LogP contribution in [0.2, 0.25) is 0 Å². The minimum Gasteiger partial charge on any atom is -0.319 e. The molecular weight excluding hydrogens is 162 g/mol. The summed E-state index contributed by atoms with van der Waals surface area (Å²) in [5, 5.41) is 0. The highest BCUT2D eigenvalue weighted by atomic mass is 16.1. The molecule has 0 amide bonds. The Bertz CT molecular complexity index is 220. The van der Waals surface area contributed by atoms with Crippen LogP contribution in [0.1, 0.15) is 45.4 Å². The normalized spacial score (nSPS) is 37.1. The van der Waals surface area contributed by atoms with Crippen molar-refractivity contribution >= 4 is 5.78 Å². The van der Waals surface area contributed by atoms with Gasteiger partial charge in [0.2, 0.25) is 0 Å². The molecule has 2 aliphatic carbocycles. The van der Waals surface area contributed by atoms with E-state index in [4.69, 9.17) is 5.73 Å². The number of carbonyl (C=O) groups excluding carboxylic acids is 1. The second kappa shape index (κ2) is 3.09. The second-order valence-corrected chi connectivity index (χ2v) is 4.99. The first-order valence-electron chi connectivity index (χ1n) is 5.45. The lowest BCUT2D eigenvalue weighted by atomic mass is 9.78. The largest absolute Gasteiger partial charge is 0.319 e. The van der Waals surface area contributed by atoms with Crippen molar-refractivity contribution in [1.82, 2.24) is 0 Å². The number of rotatable bonds is 2. The van der Waals surface area contributed by atoms with E-state index in [2.05, 4.69) is 6.92 Å². The third-order valence-corrected chi connectivity index (χ3v) is 3.59. The van der Waals surface area contributed by atoms with E-state index in [0.29, 0.717) is 5.78 Å². The van der Waals surface area contributed by atoms with Gasteiger partial charge >= 0.3 is 0 Å². The first-order valence-corrected chi connectivity index (χ1v) is 5.45. The molecule has 0 radical (unpaired) electrons. The highest BCUT2D eigenvalue weighted by Gasteiger charge is 2.48. The summed E-state index contributed by atoms with van der Waals surface area (Å²) >= 11 is 0. The van der Waals surface area contributed by atoms with Crippen LogP contribution < -0.4 is 5.73 Å². The molecule has 2 saturated carbocycles. The van der Waals surface area contributed by atoms with Crippen molar-refractivity contribution in [3.63, 3.8) is 0 Å². The third-order valence-electron chi connectivity index (χ3n) is 3.59. The zero-order valence-corrected chi connectivity index (χ0v) is 8.38. The molecule has 0 bridgehead atoms. The molecule has 2 nitrogen and oxygen atoms in total. The standard InChI is InChI=1S/C11H19NO/c1-8-3-2-4-9(7-8)10(13)11(12)5-6-11/h8-9H,2-7,12H2,1H3. The number of hydrogen-bond acceptors (Lipinski definition) is 2. The fourth-order valence-electron chi connectivity index (χ4n) is 2.46. The van der Waals surface area contributed by atoms with E-state index in [1.807, 2.05) is 0 Å². The molecule has 0 heterocycles. The zero-order chi connectivity index (χ0) is 9.47. The van der Waals surface area contributed by atoms with Crippen molar-refractivity contribution in [2.75, 3.05) is 0 Å². The van der Waals surface area contributed by atoms with Crippen LogP contribution in [0, 0.1) is 11.8 Å². The van der Waals surface area contributed by atoms with Crippen LogP contribution in [0.15, 0.2) is 0 Å². The van der Waals surface area contributed by atoms with Gasteiger partial charge in [0.05, 0.1) is 5.54 Å². The topological polar surface area (TPSA) is 43.1 Å². The average Bonchev–Trinajstić information content (AvgIpc) is 2.84. The maximum Gasteiger partial charge on any atom is 0.155 e. The number of Topliss-reactive ketones (excluding diaryl/α,β-unsaturated/α-hetero) is 1. The molecule has 2 N–H and O–H groups in total. The molecule has 2 atom stereocenters. The van der Waals surface area contributed by atoms with Gasteiger partial charge in [0, 0.05) is 5.92 Å². The van der Waals surface area contributed by atoms with Crippen LogP contribution in [-0.2, 0) is 4.79 Å². The van der Waals surface area contributed by atoms with Gasteiger partial charge in [-0.3, -0.25) is 4.79 Å². The van der Waals surface area contributed by atoms with Crippen molar-refractivity contribution in [3.8, 4) is 0 Å². The molecule has 0 aliphatic heterocycles. The van der Waals surface area contributed by atoms with Crippen molar-refractivity contribution in [1.29, 1.82) is 0 Å². The van der Waals surface area contributed by atoms with Crippen LogP contribution >= 0.6 is 0 Å². The Hall–Kier alpha value is -0.370. The van der Waals surface area contributed by atoms with Crippen molar-refractivity contribution < 1.29 is 4.79 Å². The van der Waals surface area contributed by atoms with Gasteiger partial charge < -0.3 is 5.73 Å². The van der Waals surface area contributed by atoms with Gasteiger partial charge in [0.1, 0.15) is 0 Å². The van der Waals surface area contributed by atoms with Crippen LogP contribution in [0.4, 0.5) is 0 Å². The fourth-order valence-corrected chi connectivity index (χ4v) is 2.46. The fraction of sp³-hybridized carbons (Fsp3) is 0.909. The van der Waals surface area contributed by atoms with Gasteiger partial charge in [-0.05, 0) is 31.6 Å². The summed E-state index contributed by atoms with van der Waals surface area (Å²) in [5.74, 6) is 1.38. The van der Waals surface area contributed by atoms with Gasteiger partial charge in [0.25, 0.3) is 0 Å². The number of carbonyl (C=O) groups is 1. The zero-order valence-electron chi connectivity index (χ0n) is 8.38. The number of ketones is 1. The molecule has 0 saturated heterocycles. The van der Waals surface area contributed by atoms with Crippen molar-refractivity contribution in [3.05, 3.63) is 0 Å².